The number of nitriles is 1. The minimum absolute atomic E-state index is 0.0173. The fraction of sp³-hybridized carbons (Fsp3) is 0.133. The van der Waals surface area contributed by atoms with Gasteiger partial charge in [0.25, 0.3) is 5.69 Å². The molecule has 0 unspecified atom stereocenters. The van der Waals surface area contributed by atoms with Crippen molar-refractivity contribution in [3.05, 3.63) is 63.2 Å². The highest BCUT2D eigenvalue weighted by Crippen LogP contribution is 2.28. The van der Waals surface area contributed by atoms with E-state index in [0.717, 1.165) is 11.1 Å². The quantitative estimate of drug-likeness (QED) is 0.625. The summed E-state index contributed by atoms with van der Waals surface area (Å²) in [7, 11) is 0. The molecule has 2 rings (SSSR count). The van der Waals surface area contributed by atoms with Crippen molar-refractivity contribution in [2.75, 3.05) is 0 Å². The Morgan fingerprint density at radius 1 is 1.10 bits per heavy atom. The van der Waals surface area contributed by atoms with Crippen molar-refractivity contribution >= 4 is 5.69 Å². The number of benzene rings is 2. The van der Waals surface area contributed by atoms with Gasteiger partial charge in [-0.1, -0.05) is 6.07 Å². The van der Waals surface area contributed by atoms with E-state index in [9.17, 15) is 10.1 Å². The normalized spacial score (nSPS) is 9.85. The van der Waals surface area contributed by atoms with Crippen LogP contribution in [0.3, 0.4) is 0 Å². The molecule has 5 nitrogen and oxygen atoms in total. The van der Waals surface area contributed by atoms with Gasteiger partial charge in [0, 0.05) is 12.1 Å². The fourth-order valence-electron chi connectivity index (χ4n) is 1.74. The summed E-state index contributed by atoms with van der Waals surface area (Å²) in [4.78, 5) is 10.2. The monoisotopic (exact) mass is 268 g/mol. The SMILES string of the molecule is Cc1ccc(Oc2ccc([N+](=O)[O-])c(C#N)c2)cc1C. The number of aryl methyl sites for hydroxylation is 2. The van der Waals surface area contributed by atoms with Gasteiger partial charge in [-0.15, -0.1) is 0 Å². The molecule has 0 atom stereocenters. The Labute approximate surface area is 116 Å². The molecule has 2 aromatic carbocycles. The third-order valence-corrected chi connectivity index (χ3v) is 3.00. The van der Waals surface area contributed by atoms with Gasteiger partial charge in [-0.3, -0.25) is 10.1 Å². The molecule has 0 bridgehead atoms. The van der Waals surface area contributed by atoms with E-state index in [0.29, 0.717) is 11.5 Å². The van der Waals surface area contributed by atoms with Crippen LogP contribution in [0.25, 0.3) is 0 Å². The lowest BCUT2D eigenvalue weighted by molar-refractivity contribution is -0.385. The minimum atomic E-state index is -0.585. The Bertz CT molecular complexity index is 718. The second-order valence-electron chi connectivity index (χ2n) is 4.40. The summed E-state index contributed by atoms with van der Waals surface area (Å²) in [5.74, 6) is 1.03. The lowest BCUT2D eigenvalue weighted by atomic mass is 10.1. The van der Waals surface area contributed by atoms with Crippen LogP contribution in [0.4, 0.5) is 5.69 Å². The molecule has 20 heavy (non-hydrogen) atoms. The average molecular weight is 268 g/mol. The number of nitrogens with zero attached hydrogens (tertiary/aromatic N) is 2. The molecule has 0 spiro atoms. The van der Waals surface area contributed by atoms with Gasteiger partial charge in [0.05, 0.1) is 4.92 Å². The number of nitro groups is 1. The molecule has 0 amide bonds. The Kier molecular flexibility index (Phi) is 3.67. The van der Waals surface area contributed by atoms with Crippen LogP contribution in [-0.4, -0.2) is 4.92 Å². The third kappa shape index (κ3) is 2.75. The maximum atomic E-state index is 10.7. The first kappa shape index (κ1) is 13.6. The molecular formula is C15H12N2O3. The van der Waals surface area contributed by atoms with Crippen molar-refractivity contribution in [2.24, 2.45) is 0 Å². The van der Waals surface area contributed by atoms with Gasteiger partial charge in [0.1, 0.15) is 23.1 Å². The molecule has 0 heterocycles. The van der Waals surface area contributed by atoms with E-state index in [1.54, 1.807) is 6.07 Å². The highest BCUT2D eigenvalue weighted by atomic mass is 16.6. The third-order valence-electron chi connectivity index (χ3n) is 3.00. The molecule has 0 aliphatic carbocycles. The Hall–Kier alpha value is -2.87. The first-order chi connectivity index (χ1) is 9.51. The van der Waals surface area contributed by atoms with E-state index in [4.69, 9.17) is 10.00 Å². The van der Waals surface area contributed by atoms with E-state index >= 15 is 0 Å². The van der Waals surface area contributed by atoms with Crippen LogP contribution in [0.1, 0.15) is 16.7 Å². The average Bonchev–Trinajstić information content (AvgIpc) is 2.42. The first-order valence-electron chi connectivity index (χ1n) is 5.95. The maximum absolute atomic E-state index is 10.7. The number of nitro benzene ring substituents is 1. The summed E-state index contributed by atoms with van der Waals surface area (Å²) in [5.41, 5.74) is 2.00. The van der Waals surface area contributed by atoms with E-state index in [2.05, 4.69) is 0 Å². The van der Waals surface area contributed by atoms with Crippen LogP contribution >= 0.6 is 0 Å². The topological polar surface area (TPSA) is 76.2 Å². The standard InChI is InChI=1S/C15H12N2O3/c1-10-3-4-13(7-11(10)2)20-14-5-6-15(17(18)19)12(8-14)9-16/h3-8H,1-2H3. The summed E-state index contributed by atoms with van der Waals surface area (Å²) < 4.78 is 5.62. The molecule has 0 aliphatic heterocycles. The Morgan fingerprint density at radius 3 is 2.35 bits per heavy atom. The van der Waals surface area contributed by atoms with Crippen LogP contribution in [0.2, 0.25) is 0 Å². The van der Waals surface area contributed by atoms with Gasteiger partial charge in [-0.05, 0) is 43.2 Å². The van der Waals surface area contributed by atoms with E-state index in [-0.39, 0.29) is 11.3 Å². The van der Waals surface area contributed by atoms with E-state index in [1.165, 1.54) is 18.2 Å². The van der Waals surface area contributed by atoms with Gasteiger partial charge >= 0.3 is 0 Å². The molecule has 0 saturated heterocycles. The predicted octanol–water partition coefficient (Wildman–Crippen LogP) is 3.88. The lowest BCUT2D eigenvalue weighted by Gasteiger charge is -2.08. The van der Waals surface area contributed by atoms with Crippen molar-refractivity contribution in [1.82, 2.24) is 0 Å². The molecule has 0 fully saturated rings. The minimum Gasteiger partial charge on any atom is -0.457 e. The summed E-state index contributed by atoms with van der Waals surface area (Å²) >= 11 is 0. The molecule has 0 radical (unpaired) electrons. The fourth-order valence-corrected chi connectivity index (χ4v) is 1.74. The molecule has 0 saturated carbocycles. The van der Waals surface area contributed by atoms with Crippen molar-refractivity contribution < 1.29 is 9.66 Å². The molecular weight excluding hydrogens is 256 g/mol. The van der Waals surface area contributed by atoms with Crippen molar-refractivity contribution in [3.8, 4) is 17.6 Å². The van der Waals surface area contributed by atoms with E-state index in [1.807, 2.05) is 32.0 Å². The van der Waals surface area contributed by atoms with Gasteiger partial charge in [0.2, 0.25) is 0 Å². The molecule has 0 N–H and O–H groups in total. The van der Waals surface area contributed by atoms with Crippen LogP contribution in [0, 0.1) is 35.3 Å². The number of hydrogen-bond acceptors (Lipinski definition) is 4. The van der Waals surface area contributed by atoms with Gasteiger partial charge in [-0.2, -0.15) is 5.26 Å². The number of hydrogen-bond donors (Lipinski definition) is 0. The highest BCUT2D eigenvalue weighted by Gasteiger charge is 2.14. The van der Waals surface area contributed by atoms with Crippen molar-refractivity contribution in [2.45, 2.75) is 13.8 Å². The summed E-state index contributed by atoms with van der Waals surface area (Å²) in [6, 6.07) is 11.5. The van der Waals surface area contributed by atoms with Crippen molar-refractivity contribution in [1.29, 1.82) is 5.26 Å². The molecule has 0 aliphatic rings. The summed E-state index contributed by atoms with van der Waals surface area (Å²) in [6.45, 7) is 3.97. The van der Waals surface area contributed by atoms with Crippen molar-refractivity contribution in [3.63, 3.8) is 0 Å². The maximum Gasteiger partial charge on any atom is 0.287 e. The largest absolute Gasteiger partial charge is 0.457 e. The zero-order valence-electron chi connectivity index (χ0n) is 11.1. The molecule has 0 aromatic heterocycles. The molecule has 100 valence electrons. The number of ether oxygens (including phenoxy) is 1. The lowest BCUT2D eigenvalue weighted by Crippen LogP contribution is -1.93. The van der Waals surface area contributed by atoms with Gasteiger partial charge in [0.15, 0.2) is 0 Å². The zero-order chi connectivity index (χ0) is 14.7. The van der Waals surface area contributed by atoms with Crippen LogP contribution in [0.5, 0.6) is 11.5 Å². The smallest absolute Gasteiger partial charge is 0.287 e. The summed E-state index contributed by atoms with van der Waals surface area (Å²) in [5, 5.41) is 19.7. The second kappa shape index (κ2) is 5.41. The molecule has 5 heteroatoms. The first-order valence-corrected chi connectivity index (χ1v) is 5.95. The van der Waals surface area contributed by atoms with Gasteiger partial charge < -0.3 is 4.74 Å². The second-order valence-corrected chi connectivity index (χ2v) is 4.40. The Morgan fingerprint density at radius 2 is 1.75 bits per heavy atom. The van der Waals surface area contributed by atoms with Crippen LogP contribution < -0.4 is 4.74 Å². The van der Waals surface area contributed by atoms with Crippen LogP contribution in [0.15, 0.2) is 36.4 Å². The summed E-state index contributed by atoms with van der Waals surface area (Å²) in [6.07, 6.45) is 0. The highest BCUT2D eigenvalue weighted by molar-refractivity contribution is 5.53. The Balaban J connectivity index is 2.32. The molecule has 2 aromatic rings. The predicted molar refractivity (Wildman–Crippen MR) is 73.8 cm³/mol. The van der Waals surface area contributed by atoms with Crippen LogP contribution in [-0.2, 0) is 0 Å². The van der Waals surface area contributed by atoms with Gasteiger partial charge in [-0.25, -0.2) is 0 Å². The number of rotatable bonds is 3. The van der Waals surface area contributed by atoms with E-state index < -0.39 is 4.92 Å². The zero-order valence-corrected chi connectivity index (χ0v) is 11.1.